The van der Waals surface area contributed by atoms with E-state index in [0.29, 0.717) is 11.3 Å². The van der Waals surface area contributed by atoms with Crippen LogP contribution in [-0.4, -0.2) is 10.9 Å². The van der Waals surface area contributed by atoms with Gasteiger partial charge in [0.05, 0.1) is 23.0 Å². The zero-order valence-electron chi connectivity index (χ0n) is 11.3. The van der Waals surface area contributed by atoms with E-state index in [1.807, 2.05) is 31.2 Å². The number of amides is 1. The highest BCUT2D eigenvalue weighted by Gasteiger charge is 2.13. The lowest BCUT2D eigenvalue weighted by Crippen LogP contribution is -2.12. The summed E-state index contributed by atoms with van der Waals surface area (Å²) in [4.78, 5) is 16.6. The molecule has 0 unspecified atom stereocenters. The van der Waals surface area contributed by atoms with E-state index in [1.165, 1.54) is 6.26 Å². The van der Waals surface area contributed by atoms with Crippen LogP contribution >= 0.6 is 0 Å². The van der Waals surface area contributed by atoms with Gasteiger partial charge in [-0.05, 0) is 43.7 Å². The molecule has 0 saturated carbocycles. The van der Waals surface area contributed by atoms with Gasteiger partial charge in [0.2, 0.25) is 0 Å². The minimum Gasteiger partial charge on any atom is -0.469 e. The van der Waals surface area contributed by atoms with Crippen molar-refractivity contribution in [3.8, 4) is 0 Å². The van der Waals surface area contributed by atoms with Gasteiger partial charge in [-0.2, -0.15) is 0 Å². The van der Waals surface area contributed by atoms with Gasteiger partial charge in [-0.3, -0.25) is 9.78 Å². The molecule has 1 N–H and O–H groups in total. The Hall–Kier alpha value is -2.62. The van der Waals surface area contributed by atoms with Gasteiger partial charge in [-0.15, -0.1) is 0 Å². The summed E-state index contributed by atoms with van der Waals surface area (Å²) in [7, 11) is 0. The lowest BCUT2D eigenvalue weighted by atomic mass is 10.1. The van der Waals surface area contributed by atoms with E-state index in [2.05, 4.69) is 10.3 Å². The van der Waals surface area contributed by atoms with Crippen molar-refractivity contribution in [3.05, 3.63) is 59.7 Å². The number of pyridine rings is 1. The summed E-state index contributed by atoms with van der Waals surface area (Å²) in [6.45, 7) is 3.77. The van der Waals surface area contributed by atoms with Crippen LogP contribution in [-0.2, 0) is 0 Å². The van der Waals surface area contributed by atoms with E-state index in [9.17, 15) is 4.79 Å². The third-order valence-electron chi connectivity index (χ3n) is 3.32. The number of benzene rings is 1. The zero-order valence-corrected chi connectivity index (χ0v) is 11.3. The number of fused-ring (bicyclic) bond motifs is 1. The molecule has 0 aliphatic rings. The molecule has 0 bridgehead atoms. The second-order valence-electron chi connectivity index (χ2n) is 4.67. The molecule has 2 heterocycles. The van der Waals surface area contributed by atoms with Gasteiger partial charge in [0.25, 0.3) is 5.91 Å². The molecule has 3 rings (SSSR count). The molecule has 0 radical (unpaired) electrons. The molecule has 0 atom stereocenters. The van der Waals surface area contributed by atoms with Crippen LogP contribution in [0.3, 0.4) is 0 Å². The molecule has 100 valence electrons. The fourth-order valence-electron chi connectivity index (χ4n) is 2.23. The number of furan rings is 1. The van der Waals surface area contributed by atoms with Crippen LogP contribution in [0.2, 0.25) is 0 Å². The Morgan fingerprint density at radius 3 is 2.80 bits per heavy atom. The average Bonchev–Trinajstić information content (AvgIpc) is 2.88. The first kappa shape index (κ1) is 12.4. The van der Waals surface area contributed by atoms with Crippen molar-refractivity contribution in [2.45, 2.75) is 13.8 Å². The maximum atomic E-state index is 12.2. The molecular formula is C16H14N2O2. The minimum absolute atomic E-state index is 0.176. The van der Waals surface area contributed by atoms with Crippen molar-refractivity contribution in [1.29, 1.82) is 0 Å². The number of carbonyl (C=O) groups is 1. The minimum atomic E-state index is -0.176. The molecule has 2 aromatic heterocycles. The van der Waals surface area contributed by atoms with Crippen LogP contribution < -0.4 is 5.32 Å². The Morgan fingerprint density at radius 2 is 2.05 bits per heavy atom. The van der Waals surface area contributed by atoms with E-state index in [4.69, 9.17) is 4.42 Å². The van der Waals surface area contributed by atoms with Crippen molar-refractivity contribution in [2.24, 2.45) is 0 Å². The van der Waals surface area contributed by atoms with Crippen molar-refractivity contribution >= 4 is 22.5 Å². The normalized spacial score (nSPS) is 10.7. The van der Waals surface area contributed by atoms with Crippen LogP contribution in [0.5, 0.6) is 0 Å². The van der Waals surface area contributed by atoms with Gasteiger partial charge in [0.1, 0.15) is 5.76 Å². The molecule has 1 amide bonds. The molecule has 0 saturated heterocycles. The van der Waals surface area contributed by atoms with E-state index < -0.39 is 0 Å². The molecule has 4 heteroatoms. The first-order valence-electron chi connectivity index (χ1n) is 6.36. The predicted octanol–water partition coefficient (Wildman–Crippen LogP) is 3.70. The molecule has 0 aliphatic heterocycles. The molecule has 0 aliphatic carbocycles. The zero-order chi connectivity index (χ0) is 14.1. The molecule has 0 fully saturated rings. The highest BCUT2D eigenvalue weighted by molar-refractivity contribution is 6.09. The summed E-state index contributed by atoms with van der Waals surface area (Å²) in [5, 5.41) is 3.85. The Bertz CT molecular complexity index is 790. The quantitative estimate of drug-likeness (QED) is 0.769. The number of hydrogen-bond acceptors (Lipinski definition) is 3. The number of rotatable bonds is 2. The third kappa shape index (κ3) is 2.05. The maximum absolute atomic E-state index is 12.2. The van der Waals surface area contributed by atoms with Gasteiger partial charge >= 0.3 is 0 Å². The van der Waals surface area contributed by atoms with E-state index in [1.54, 1.807) is 19.2 Å². The standard InChI is InChI=1S/C16H14N2O2/c1-10-5-6-14(13-4-3-8-17-15(10)13)18-16(19)12-7-9-20-11(12)2/h3-9H,1-2H3,(H,18,19). The summed E-state index contributed by atoms with van der Waals surface area (Å²) in [5.41, 5.74) is 3.28. The maximum Gasteiger partial charge on any atom is 0.259 e. The topological polar surface area (TPSA) is 55.1 Å². The second-order valence-corrected chi connectivity index (χ2v) is 4.67. The van der Waals surface area contributed by atoms with Crippen molar-refractivity contribution in [2.75, 3.05) is 5.32 Å². The smallest absolute Gasteiger partial charge is 0.259 e. The van der Waals surface area contributed by atoms with Crippen molar-refractivity contribution in [3.63, 3.8) is 0 Å². The van der Waals surface area contributed by atoms with Crippen LogP contribution in [0, 0.1) is 13.8 Å². The van der Waals surface area contributed by atoms with Gasteiger partial charge in [-0.1, -0.05) is 6.07 Å². The first-order chi connectivity index (χ1) is 9.66. The molecule has 1 aromatic carbocycles. The Kier molecular flexibility index (Phi) is 2.99. The molecular weight excluding hydrogens is 252 g/mol. The van der Waals surface area contributed by atoms with E-state index in [-0.39, 0.29) is 5.91 Å². The van der Waals surface area contributed by atoms with Gasteiger partial charge in [0, 0.05) is 11.6 Å². The highest BCUT2D eigenvalue weighted by Crippen LogP contribution is 2.25. The van der Waals surface area contributed by atoms with Crippen molar-refractivity contribution in [1.82, 2.24) is 4.98 Å². The van der Waals surface area contributed by atoms with Gasteiger partial charge in [0.15, 0.2) is 0 Å². The third-order valence-corrected chi connectivity index (χ3v) is 3.32. The van der Waals surface area contributed by atoms with E-state index in [0.717, 1.165) is 22.2 Å². The van der Waals surface area contributed by atoms with Crippen LogP contribution in [0.1, 0.15) is 21.7 Å². The van der Waals surface area contributed by atoms with Crippen LogP contribution in [0.25, 0.3) is 10.9 Å². The number of aryl methyl sites for hydroxylation is 2. The first-order valence-corrected chi connectivity index (χ1v) is 6.36. The number of carbonyl (C=O) groups excluding carboxylic acids is 1. The fourth-order valence-corrected chi connectivity index (χ4v) is 2.23. The lowest BCUT2D eigenvalue weighted by Gasteiger charge is -2.09. The average molecular weight is 266 g/mol. The summed E-state index contributed by atoms with van der Waals surface area (Å²) in [5.74, 6) is 0.433. The summed E-state index contributed by atoms with van der Waals surface area (Å²) >= 11 is 0. The lowest BCUT2D eigenvalue weighted by molar-refractivity contribution is 0.102. The molecule has 3 aromatic rings. The molecule has 20 heavy (non-hydrogen) atoms. The summed E-state index contributed by atoms with van der Waals surface area (Å²) < 4.78 is 5.16. The van der Waals surface area contributed by atoms with Gasteiger partial charge in [-0.25, -0.2) is 0 Å². The monoisotopic (exact) mass is 266 g/mol. The number of nitrogens with zero attached hydrogens (tertiary/aromatic N) is 1. The van der Waals surface area contributed by atoms with Crippen molar-refractivity contribution < 1.29 is 9.21 Å². The van der Waals surface area contributed by atoms with Crippen LogP contribution in [0.4, 0.5) is 5.69 Å². The number of anilines is 1. The molecule has 0 spiro atoms. The summed E-state index contributed by atoms with van der Waals surface area (Å²) in [6, 6.07) is 9.33. The largest absolute Gasteiger partial charge is 0.469 e. The molecule has 4 nitrogen and oxygen atoms in total. The second kappa shape index (κ2) is 4.81. The predicted molar refractivity (Wildman–Crippen MR) is 77.9 cm³/mol. The highest BCUT2D eigenvalue weighted by atomic mass is 16.3. The Labute approximate surface area is 116 Å². The SMILES string of the molecule is Cc1occc1C(=O)Nc1ccc(C)c2ncccc12. The number of hydrogen-bond donors (Lipinski definition) is 1. The fraction of sp³-hybridized carbons (Fsp3) is 0.125. The van der Waals surface area contributed by atoms with E-state index >= 15 is 0 Å². The summed E-state index contributed by atoms with van der Waals surface area (Å²) in [6.07, 6.45) is 3.26. The van der Waals surface area contributed by atoms with Gasteiger partial charge < -0.3 is 9.73 Å². The number of nitrogens with one attached hydrogen (secondary N) is 1. The number of aromatic nitrogens is 1. The van der Waals surface area contributed by atoms with Crippen LogP contribution in [0.15, 0.2) is 47.2 Å². The Morgan fingerprint density at radius 1 is 1.20 bits per heavy atom. The Balaban J connectivity index is 2.02.